The molecule has 0 atom stereocenters. The summed E-state index contributed by atoms with van der Waals surface area (Å²) in [5, 5.41) is 0. The Morgan fingerprint density at radius 1 is 0.821 bits per heavy atom. The molecular formula is C47H52N3O4S2+. The highest BCUT2D eigenvalue weighted by Gasteiger charge is 2.44. The number of nitrogens with zero attached hydrogens (tertiary/aromatic N) is 3. The summed E-state index contributed by atoms with van der Waals surface area (Å²) in [5.41, 5.74) is 12.2. The molecule has 2 aliphatic heterocycles. The number of allylic oxidation sites excluding steroid dienone is 7. The predicted octanol–water partition coefficient (Wildman–Crippen LogP) is 11.1. The van der Waals surface area contributed by atoms with Crippen LogP contribution in [0.1, 0.15) is 65.5 Å². The molecule has 9 heteroatoms. The van der Waals surface area contributed by atoms with Gasteiger partial charge in [-0.1, -0.05) is 62.4 Å². The number of hydrogen-bond donors (Lipinski definition) is 0. The molecule has 0 spiro atoms. The zero-order valence-electron chi connectivity index (χ0n) is 33.7. The molecule has 0 amide bonds. The minimum absolute atomic E-state index is 0.240. The van der Waals surface area contributed by atoms with Crippen LogP contribution in [0, 0.1) is 0 Å². The van der Waals surface area contributed by atoms with E-state index in [1.165, 1.54) is 59.2 Å². The molecule has 0 unspecified atom stereocenters. The molecule has 56 heavy (non-hydrogen) atoms. The Kier molecular flexibility index (Phi) is 11.1. The lowest BCUT2D eigenvalue weighted by Gasteiger charge is -2.29. The van der Waals surface area contributed by atoms with Crippen LogP contribution in [0.25, 0.3) is 0 Å². The summed E-state index contributed by atoms with van der Waals surface area (Å²) in [7, 11) is -1.83. The summed E-state index contributed by atoms with van der Waals surface area (Å²) in [6.07, 6.45) is 12.3. The van der Waals surface area contributed by atoms with E-state index < -0.39 is 15.3 Å². The smallest absolute Gasteiger partial charge is 0.209 e. The van der Waals surface area contributed by atoms with Crippen LogP contribution < -0.4 is 9.80 Å². The fourth-order valence-corrected chi connectivity index (χ4v) is 9.67. The zero-order valence-corrected chi connectivity index (χ0v) is 35.3. The number of fused-ring (bicyclic) bond motifs is 2. The molecule has 0 saturated carbocycles. The first kappa shape index (κ1) is 39.6. The SMILES string of the molecule is CCN1C(=CC=C2CCC(C=CC3=[N+](CC)c4ccc(SOOC)cc4C3(C)C)=C2N(c2ccccc2)c2ccccc2)C(C)(C)c2cc(S(C)(=O)=O)ccc21. The van der Waals surface area contributed by atoms with Gasteiger partial charge in [0, 0.05) is 63.6 Å². The van der Waals surface area contributed by atoms with Crippen LogP contribution in [-0.4, -0.2) is 45.2 Å². The van der Waals surface area contributed by atoms with Crippen molar-refractivity contribution < 1.29 is 22.2 Å². The van der Waals surface area contributed by atoms with E-state index in [9.17, 15) is 8.42 Å². The van der Waals surface area contributed by atoms with Crippen LogP contribution in [0.15, 0.2) is 154 Å². The molecule has 0 aromatic heterocycles. The van der Waals surface area contributed by atoms with E-state index in [-0.39, 0.29) is 5.41 Å². The maximum absolute atomic E-state index is 12.6. The number of benzene rings is 4. The maximum atomic E-state index is 12.6. The highest BCUT2D eigenvalue weighted by molar-refractivity contribution is 7.94. The molecule has 2 heterocycles. The molecule has 0 fully saturated rings. The van der Waals surface area contributed by atoms with Crippen molar-refractivity contribution in [2.24, 2.45) is 0 Å². The van der Waals surface area contributed by atoms with E-state index in [1.54, 1.807) is 6.07 Å². The Morgan fingerprint density at radius 2 is 1.50 bits per heavy atom. The Balaban J connectivity index is 1.37. The monoisotopic (exact) mass is 786 g/mol. The van der Waals surface area contributed by atoms with Crippen LogP contribution in [-0.2, 0) is 29.9 Å². The summed E-state index contributed by atoms with van der Waals surface area (Å²) in [5.74, 6) is 0. The molecule has 4 aromatic rings. The van der Waals surface area contributed by atoms with Crippen LogP contribution in [0.3, 0.4) is 0 Å². The quantitative estimate of drug-likeness (QED) is 0.0613. The summed E-state index contributed by atoms with van der Waals surface area (Å²) in [4.78, 5) is 10.9. The molecule has 0 saturated heterocycles. The third kappa shape index (κ3) is 7.22. The first-order chi connectivity index (χ1) is 26.8. The Labute approximate surface area is 337 Å². The fourth-order valence-electron chi connectivity index (χ4n) is 8.59. The average molecular weight is 787 g/mol. The Hall–Kier alpha value is -4.67. The summed E-state index contributed by atoms with van der Waals surface area (Å²) >= 11 is 1.22. The van der Waals surface area contributed by atoms with Gasteiger partial charge in [0.25, 0.3) is 0 Å². The minimum Gasteiger partial charge on any atom is -0.344 e. The first-order valence-corrected chi connectivity index (χ1v) is 22.0. The number of anilines is 3. The lowest BCUT2D eigenvalue weighted by Crippen LogP contribution is -2.27. The minimum atomic E-state index is -3.35. The highest BCUT2D eigenvalue weighted by atomic mass is 32.2. The maximum Gasteiger partial charge on any atom is 0.209 e. The van der Waals surface area contributed by atoms with Crippen molar-refractivity contribution in [2.75, 3.05) is 36.3 Å². The number of hydrogen-bond acceptors (Lipinski definition) is 7. The zero-order chi connectivity index (χ0) is 39.8. The van der Waals surface area contributed by atoms with Crippen molar-refractivity contribution in [3.63, 3.8) is 0 Å². The second kappa shape index (κ2) is 15.7. The largest absolute Gasteiger partial charge is 0.344 e. The van der Waals surface area contributed by atoms with Crippen LogP contribution in [0.2, 0.25) is 0 Å². The van der Waals surface area contributed by atoms with Gasteiger partial charge in [-0.25, -0.2) is 13.3 Å². The van der Waals surface area contributed by atoms with Gasteiger partial charge in [-0.3, -0.25) is 0 Å². The van der Waals surface area contributed by atoms with E-state index >= 15 is 0 Å². The number of rotatable bonds is 12. The third-order valence-corrected chi connectivity index (χ3v) is 13.2. The normalized spacial score (nSPS) is 18.8. The van der Waals surface area contributed by atoms with Gasteiger partial charge >= 0.3 is 0 Å². The number of para-hydroxylation sites is 2. The van der Waals surface area contributed by atoms with E-state index in [1.807, 2.05) is 12.1 Å². The molecule has 4 aromatic carbocycles. The van der Waals surface area contributed by atoms with Crippen molar-refractivity contribution in [3.05, 3.63) is 155 Å². The molecular weight excluding hydrogens is 735 g/mol. The van der Waals surface area contributed by atoms with Gasteiger partial charge in [0.05, 0.1) is 35.2 Å². The van der Waals surface area contributed by atoms with Crippen molar-refractivity contribution in [3.8, 4) is 0 Å². The van der Waals surface area contributed by atoms with Crippen molar-refractivity contribution in [2.45, 2.75) is 75.0 Å². The average Bonchev–Trinajstić information content (AvgIpc) is 3.76. The topological polar surface area (TPSA) is 62.1 Å². The summed E-state index contributed by atoms with van der Waals surface area (Å²) in [6, 6.07) is 33.3. The van der Waals surface area contributed by atoms with Gasteiger partial charge in [0.1, 0.15) is 6.54 Å². The molecule has 0 radical (unpaired) electrons. The molecule has 0 bridgehead atoms. The summed E-state index contributed by atoms with van der Waals surface area (Å²) < 4.78 is 32.8. The van der Waals surface area contributed by atoms with Crippen LogP contribution >= 0.6 is 12.0 Å². The molecule has 290 valence electrons. The van der Waals surface area contributed by atoms with E-state index in [2.05, 4.69) is 159 Å². The van der Waals surface area contributed by atoms with Crippen molar-refractivity contribution in [1.29, 1.82) is 0 Å². The van der Waals surface area contributed by atoms with Gasteiger partial charge in [-0.15, -0.1) is 0 Å². The van der Waals surface area contributed by atoms with Crippen molar-refractivity contribution >= 4 is 50.3 Å². The van der Waals surface area contributed by atoms with E-state index in [0.717, 1.165) is 59.1 Å². The summed E-state index contributed by atoms with van der Waals surface area (Å²) in [6.45, 7) is 15.0. The standard InChI is InChI=1S/C47H52N3O4S2/c1-9-48-41-27-25-37(55-54-53-7)31-39(41)46(3,4)43(48)29-23-33-21-22-34(45(33)50(35-17-13-11-14-18-35)36-19-15-12-16-20-36)24-30-44-47(5,6)40-32-38(56(8,51)52)26-28-42(40)49(44)10-2/h11-20,23-32H,9-10,21-22H2,1-8H3/q+1. The lowest BCUT2D eigenvalue weighted by atomic mass is 9.81. The van der Waals surface area contributed by atoms with E-state index in [0.29, 0.717) is 4.90 Å². The number of likely N-dealkylation sites (N-methyl/N-ethyl adjacent to an activating group) is 1. The highest BCUT2D eigenvalue weighted by Crippen LogP contribution is 2.49. The Bertz CT molecular complexity index is 2370. The van der Waals surface area contributed by atoms with Gasteiger partial charge in [-0.05, 0) is 118 Å². The van der Waals surface area contributed by atoms with Crippen molar-refractivity contribution in [1.82, 2.24) is 0 Å². The van der Waals surface area contributed by atoms with Gasteiger partial charge in [0.2, 0.25) is 5.69 Å². The molecule has 0 N–H and O–H groups in total. The Morgan fingerprint density at radius 3 is 2.11 bits per heavy atom. The molecule has 1 aliphatic carbocycles. The van der Waals surface area contributed by atoms with Gasteiger partial charge < -0.3 is 9.80 Å². The van der Waals surface area contributed by atoms with Crippen LogP contribution in [0.5, 0.6) is 0 Å². The predicted molar refractivity (Wildman–Crippen MR) is 231 cm³/mol. The second-order valence-electron chi connectivity index (χ2n) is 15.5. The lowest BCUT2D eigenvalue weighted by molar-refractivity contribution is -0.433. The molecule has 3 aliphatic rings. The first-order valence-electron chi connectivity index (χ1n) is 19.3. The van der Waals surface area contributed by atoms with Crippen LogP contribution in [0.4, 0.5) is 22.7 Å². The third-order valence-electron chi connectivity index (χ3n) is 11.4. The van der Waals surface area contributed by atoms with E-state index in [4.69, 9.17) is 9.22 Å². The fraction of sp³-hybridized carbons (Fsp3) is 0.298. The molecule has 7 nitrogen and oxygen atoms in total. The number of sulfone groups is 1. The van der Waals surface area contributed by atoms with Gasteiger partial charge in [-0.2, -0.15) is 8.91 Å². The van der Waals surface area contributed by atoms with Gasteiger partial charge in [0.15, 0.2) is 15.5 Å². The molecule has 7 rings (SSSR count). The second-order valence-corrected chi connectivity index (χ2v) is 18.3.